The van der Waals surface area contributed by atoms with E-state index in [9.17, 15) is 9.59 Å². The molecule has 0 aliphatic rings. The average molecular weight is 361 g/mol. The number of rotatable bonds is 8. The normalized spacial score (nSPS) is 10.5. The Labute approximate surface area is 151 Å². The van der Waals surface area contributed by atoms with Crippen molar-refractivity contribution < 1.29 is 19.1 Å². The second kappa shape index (κ2) is 9.22. The molecule has 2 rings (SSSR count). The van der Waals surface area contributed by atoms with E-state index in [1.54, 1.807) is 26.0 Å². The third-order valence-corrected chi connectivity index (χ3v) is 4.68. The van der Waals surface area contributed by atoms with Crippen LogP contribution in [0.25, 0.3) is 0 Å². The van der Waals surface area contributed by atoms with Gasteiger partial charge >= 0.3 is 11.9 Å². The van der Waals surface area contributed by atoms with Gasteiger partial charge in [-0.2, -0.15) is 0 Å². The molecule has 1 heterocycles. The van der Waals surface area contributed by atoms with Crippen LogP contribution in [0.4, 0.5) is 5.00 Å². The zero-order valence-corrected chi connectivity index (χ0v) is 15.4. The number of carbonyl (C=O) groups excluding carboxylic acids is 2. The number of nitrogens with two attached hydrogens (primary N) is 1. The first kappa shape index (κ1) is 19.0. The zero-order chi connectivity index (χ0) is 18.2. The van der Waals surface area contributed by atoms with Gasteiger partial charge in [0.05, 0.1) is 24.3 Å². The minimum atomic E-state index is -0.364. The van der Waals surface area contributed by atoms with Gasteiger partial charge in [0.2, 0.25) is 0 Å². The highest BCUT2D eigenvalue weighted by molar-refractivity contribution is 7.16. The summed E-state index contributed by atoms with van der Waals surface area (Å²) in [6, 6.07) is 9.28. The fourth-order valence-electron chi connectivity index (χ4n) is 2.44. The fraction of sp³-hybridized carbons (Fsp3) is 0.368. The summed E-state index contributed by atoms with van der Waals surface area (Å²) in [5, 5.41) is 0.507. The molecule has 0 saturated heterocycles. The summed E-state index contributed by atoms with van der Waals surface area (Å²) in [5.41, 5.74) is 8.08. The van der Waals surface area contributed by atoms with E-state index in [0.717, 1.165) is 29.7 Å². The van der Waals surface area contributed by atoms with Crippen LogP contribution in [0.1, 0.15) is 51.4 Å². The maximum atomic E-state index is 11.8. The van der Waals surface area contributed by atoms with Gasteiger partial charge in [-0.3, -0.25) is 0 Å². The number of carbonyl (C=O) groups is 2. The first-order valence-corrected chi connectivity index (χ1v) is 9.18. The Morgan fingerprint density at radius 3 is 2.28 bits per heavy atom. The van der Waals surface area contributed by atoms with E-state index >= 15 is 0 Å². The Balaban J connectivity index is 1.87. The lowest BCUT2D eigenvalue weighted by atomic mass is 10.1. The van der Waals surface area contributed by atoms with Crippen molar-refractivity contribution in [2.24, 2.45) is 0 Å². The Morgan fingerprint density at radius 1 is 1.00 bits per heavy atom. The summed E-state index contributed by atoms with van der Waals surface area (Å²) >= 11 is 1.43. The molecule has 0 unspecified atom stereocenters. The van der Waals surface area contributed by atoms with Gasteiger partial charge in [0.25, 0.3) is 0 Å². The quantitative estimate of drug-likeness (QED) is 0.722. The van der Waals surface area contributed by atoms with Crippen molar-refractivity contribution in [3.63, 3.8) is 0 Å². The van der Waals surface area contributed by atoms with Crippen molar-refractivity contribution in [3.05, 3.63) is 51.9 Å². The minimum Gasteiger partial charge on any atom is -0.462 e. The summed E-state index contributed by atoms with van der Waals surface area (Å²) in [6.45, 7) is 4.27. The monoisotopic (exact) mass is 361 g/mol. The van der Waals surface area contributed by atoms with Crippen molar-refractivity contribution in [1.82, 2.24) is 0 Å². The van der Waals surface area contributed by atoms with Crippen LogP contribution in [0.15, 0.2) is 30.3 Å². The third kappa shape index (κ3) is 5.32. The first-order valence-electron chi connectivity index (χ1n) is 8.36. The Hall–Kier alpha value is -2.34. The predicted octanol–water partition coefficient (Wildman–Crippen LogP) is 3.86. The summed E-state index contributed by atoms with van der Waals surface area (Å²) in [7, 11) is 0. The van der Waals surface area contributed by atoms with E-state index < -0.39 is 0 Å². The molecule has 0 saturated carbocycles. The van der Waals surface area contributed by atoms with E-state index in [1.165, 1.54) is 11.3 Å². The van der Waals surface area contributed by atoms with E-state index in [1.807, 2.05) is 18.2 Å². The molecule has 25 heavy (non-hydrogen) atoms. The molecule has 0 aliphatic carbocycles. The van der Waals surface area contributed by atoms with Crippen molar-refractivity contribution in [3.8, 4) is 0 Å². The van der Waals surface area contributed by atoms with Crippen molar-refractivity contribution in [1.29, 1.82) is 0 Å². The van der Waals surface area contributed by atoms with Gasteiger partial charge in [-0.1, -0.05) is 12.1 Å². The van der Waals surface area contributed by atoms with Crippen LogP contribution < -0.4 is 5.73 Å². The maximum absolute atomic E-state index is 11.8. The molecule has 0 atom stereocenters. The van der Waals surface area contributed by atoms with Gasteiger partial charge in [0, 0.05) is 4.88 Å². The molecule has 0 aliphatic heterocycles. The number of aryl methyl sites for hydroxylation is 2. The van der Waals surface area contributed by atoms with Crippen molar-refractivity contribution in [2.45, 2.75) is 33.1 Å². The van der Waals surface area contributed by atoms with Crippen LogP contribution in [0.2, 0.25) is 0 Å². The van der Waals surface area contributed by atoms with Crippen LogP contribution in [0.3, 0.4) is 0 Å². The highest BCUT2D eigenvalue weighted by atomic mass is 32.1. The van der Waals surface area contributed by atoms with E-state index in [4.69, 9.17) is 15.2 Å². The molecule has 2 aromatic rings. The molecule has 5 nitrogen and oxygen atoms in total. The molecule has 2 N–H and O–H groups in total. The highest BCUT2D eigenvalue weighted by Gasteiger charge is 2.15. The van der Waals surface area contributed by atoms with Crippen LogP contribution in [-0.4, -0.2) is 25.2 Å². The molecular formula is C19H23NO4S. The topological polar surface area (TPSA) is 78.6 Å². The van der Waals surface area contributed by atoms with E-state index in [-0.39, 0.29) is 11.9 Å². The van der Waals surface area contributed by atoms with Gasteiger partial charge in [0.15, 0.2) is 0 Å². The number of thiophene rings is 1. The van der Waals surface area contributed by atoms with Gasteiger partial charge in [0.1, 0.15) is 5.00 Å². The second-order valence-corrected chi connectivity index (χ2v) is 6.65. The van der Waals surface area contributed by atoms with Crippen LogP contribution in [0.5, 0.6) is 0 Å². The summed E-state index contributed by atoms with van der Waals surface area (Å²) in [5.74, 6) is -0.661. The van der Waals surface area contributed by atoms with Crippen LogP contribution in [-0.2, 0) is 22.3 Å². The molecule has 1 aromatic heterocycles. The molecule has 0 fully saturated rings. The number of anilines is 1. The number of nitrogen functional groups attached to an aromatic ring is 1. The zero-order valence-electron chi connectivity index (χ0n) is 14.5. The molecule has 134 valence electrons. The van der Waals surface area contributed by atoms with Gasteiger partial charge in [-0.15, -0.1) is 11.3 Å². The second-order valence-electron chi connectivity index (χ2n) is 5.48. The van der Waals surface area contributed by atoms with Crippen LogP contribution in [0, 0.1) is 0 Å². The average Bonchev–Trinajstić information content (AvgIpc) is 2.97. The number of ether oxygens (including phenoxy) is 2. The van der Waals surface area contributed by atoms with Crippen LogP contribution >= 0.6 is 11.3 Å². The smallest absolute Gasteiger partial charge is 0.341 e. The number of benzene rings is 1. The standard InChI is InChI=1S/C19H23NO4S/c1-3-23-18(21)14-10-8-13(9-11-14)6-5-7-15-12-16(17(20)25-15)19(22)24-4-2/h8-12H,3-7,20H2,1-2H3. The lowest BCUT2D eigenvalue weighted by molar-refractivity contribution is 0.0517. The number of esters is 2. The molecular weight excluding hydrogens is 338 g/mol. The van der Waals surface area contributed by atoms with Crippen molar-refractivity contribution in [2.75, 3.05) is 18.9 Å². The molecule has 0 spiro atoms. The van der Waals surface area contributed by atoms with Gasteiger partial charge in [-0.05, 0) is 56.9 Å². The third-order valence-electron chi connectivity index (χ3n) is 3.66. The Kier molecular flexibility index (Phi) is 7.01. The lowest BCUT2D eigenvalue weighted by Gasteiger charge is -2.04. The molecule has 6 heteroatoms. The Bertz CT molecular complexity index is 722. The molecule has 0 amide bonds. The molecule has 1 aromatic carbocycles. The number of hydrogen-bond donors (Lipinski definition) is 1. The van der Waals surface area contributed by atoms with E-state index in [2.05, 4.69) is 0 Å². The SMILES string of the molecule is CCOC(=O)c1ccc(CCCc2cc(C(=O)OCC)c(N)s2)cc1. The minimum absolute atomic E-state index is 0.297. The predicted molar refractivity (Wildman–Crippen MR) is 99.1 cm³/mol. The van der Waals surface area contributed by atoms with Gasteiger partial charge < -0.3 is 15.2 Å². The lowest BCUT2D eigenvalue weighted by Crippen LogP contribution is -2.05. The molecule has 0 bridgehead atoms. The van der Waals surface area contributed by atoms with Gasteiger partial charge in [-0.25, -0.2) is 9.59 Å². The maximum Gasteiger partial charge on any atom is 0.341 e. The summed E-state index contributed by atoms with van der Waals surface area (Å²) < 4.78 is 9.96. The highest BCUT2D eigenvalue weighted by Crippen LogP contribution is 2.27. The Morgan fingerprint density at radius 2 is 1.64 bits per heavy atom. The molecule has 0 radical (unpaired) electrons. The first-order chi connectivity index (χ1) is 12.0. The summed E-state index contributed by atoms with van der Waals surface area (Å²) in [6.07, 6.45) is 2.66. The van der Waals surface area contributed by atoms with Crippen molar-refractivity contribution >= 4 is 28.3 Å². The number of hydrogen-bond acceptors (Lipinski definition) is 6. The fourth-order valence-corrected chi connectivity index (χ4v) is 3.40. The largest absolute Gasteiger partial charge is 0.462 e. The van der Waals surface area contributed by atoms with E-state index in [0.29, 0.717) is 29.3 Å². The summed E-state index contributed by atoms with van der Waals surface area (Å²) in [4.78, 5) is 24.5.